The van der Waals surface area contributed by atoms with Gasteiger partial charge >= 0.3 is 12.1 Å². The van der Waals surface area contributed by atoms with Crippen LogP contribution in [-0.2, 0) is 27.5 Å². The molecule has 0 radical (unpaired) electrons. The number of esters is 1. The Labute approximate surface area is 170 Å². The van der Waals surface area contributed by atoms with Gasteiger partial charge in [-0.2, -0.15) is 18.3 Å². The molecular weight excluding hydrogens is 493 g/mol. The van der Waals surface area contributed by atoms with Gasteiger partial charge in [-0.3, -0.25) is 4.79 Å². The summed E-state index contributed by atoms with van der Waals surface area (Å²) in [5.41, 5.74) is -1.91. The zero-order valence-corrected chi connectivity index (χ0v) is 16.9. The van der Waals surface area contributed by atoms with Gasteiger partial charge in [-0.25, -0.2) is 13.9 Å². The smallest absolute Gasteiger partial charge is 0.436 e. The van der Waals surface area contributed by atoms with Crippen LogP contribution in [0.3, 0.4) is 0 Å². The summed E-state index contributed by atoms with van der Waals surface area (Å²) < 4.78 is 59.2. The standard InChI is InChI=1S/C18H14F4IN3O2/c1-17(16(27)28-2,9-10-4-3-5-11(19)8-10)12-6-7-24-15-13(23)14(18(20,21)22)25-26(12)15/h3-8H,9H2,1-2H3/t17-/m1/s1. The van der Waals surface area contributed by atoms with Gasteiger partial charge in [0.05, 0.1) is 16.4 Å². The molecule has 0 saturated heterocycles. The molecule has 0 fully saturated rings. The number of aromatic nitrogens is 3. The van der Waals surface area contributed by atoms with Gasteiger partial charge in [0.2, 0.25) is 0 Å². The second kappa shape index (κ2) is 7.30. The summed E-state index contributed by atoms with van der Waals surface area (Å²) in [4.78, 5) is 16.6. The molecule has 0 aliphatic heterocycles. The first-order valence-electron chi connectivity index (χ1n) is 8.01. The monoisotopic (exact) mass is 507 g/mol. The van der Waals surface area contributed by atoms with Crippen molar-refractivity contribution >= 4 is 34.2 Å². The zero-order valence-electron chi connectivity index (χ0n) is 14.7. The van der Waals surface area contributed by atoms with Crippen LogP contribution in [0, 0.1) is 9.39 Å². The maximum absolute atomic E-state index is 13.6. The molecule has 0 amide bonds. The number of benzene rings is 1. The molecule has 10 heteroatoms. The molecule has 0 aliphatic carbocycles. The molecule has 2 heterocycles. The van der Waals surface area contributed by atoms with E-state index in [0.717, 1.165) is 4.52 Å². The van der Waals surface area contributed by atoms with E-state index in [1.807, 2.05) is 0 Å². The Hall–Kier alpha value is -2.24. The molecule has 1 atom stereocenters. The maximum Gasteiger partial charge on any atom is 0.436 e. The van der Waals surface area contributed by atoms with Gasteiger partial charge in [-0.05, 0) is 59.7 Å². The minimum absolute atomic E-state index is 0.00562. The van der Waals surface area contributed by atoms with Crippen LogP contribution in [0.4, 0.5) is 17.6 Å². The number of carbonyl (C=O) groups is 1. The Morgan fingerprint density at radius 1 is 1.29 bits per heavy atom. The Kier molecular flexibility index (Phi) is 5.34. The number of nitrogens with zero attached hydrogens (tertiary/aromatic N) is 3. The van der Waals surface area contributed by atoms with E-state index in [1.54, 1.807) is 6.07 Å². The lowest BCUT2D eigenvalue weighted by molar-refractivity contribution is -0.147. The van der Waals surface area contributed by atoms with Crippen LogP contribution in [-0.4, -0.2) is 27.7 Å². The first kappa shape index (κ1) is 20.5. The average Bonchev–Trinajstić information content (AvgIpc) is 2.98. The molecule has 0 N–H and O–H groups in total. The predicted molar refractivity (Wildman–Crippen MR) is 100 cm³/mol. The van der Waals surface area contributed by atoms with Crippen molar-refractivity contribution in [2.24, 2.45) is 0 Å². The lowest BCUT2D eigenvalue weighted by Crippen LogP contribution is -2.38. The van der Waals surface area contributed by atoms with Crippen molar-refractivity contribution in [1.82, 2.24) is 14.6 Å². The Morgan fingerprint density at radius 2 is 2.00 bits per heavy atom. The highest BCUT2D eigenvalue weighted by molar-refractivity contribution is 14.1. The summed E-state index contributed by atoms with van der Waals surface area (Å²) in [6.07, 6.45) is -3.37. The van der Waals surface area contributed by atoms with E-state index in [9.17, 15) is 22.4 Å². The molecule has 0 saturated carbocycles. The molecular formula is C18H14F4IN3O2. The third-order valence-corrected chi connectivity index (χ3v) is 5.37. The summed E-state index contributed by atoms with van der Waals surface area (Å²) in [6, 6.07) is 7.04. The van der Waals surface area contributed by atoms with Gasteiger partial charge in [0.15, 0.2) is 11.3 Å². The molecule has 3 rings (SSSR count). The van der Waals surface area contributed by atoms with Gasteiger partial charge in [-0.1, -0.05) is 12.1 Å². The van der Waals surface area contributed by atoms with Gasteiger partial charge in [0.25, 0.3) is 0 Å². The number of hydrogen-bond donors (Lipinski definition) is 0. The number of methoxy groups -OCH3 is 1. The summed E-state index contributed by atoms with van der Waals surface area (Å²) in [7, 11) is 1.18. The number of ether oxygens (including phenoxy) is 1. The minimum Gasteiger partial charge on any atom is -0.468 e. The van der Waals surface area contributed by atoms with E-state index in [4.69, 9.17) is 4.74 Å². The molecule has 1 aromatic carbocycles. The number of rotatable bonds is 4. The quantitative estimate of drug-likeness (QED) is 0.303. The van der Waals surface area contributed by atoms with E-state index in [-0.39, 0.29) is 21.3 Å². The fourth-order valence-electron chi connectivity index (χ4n) is 3.07. The first-order chi connectivity index (χ1) is 13.1. The highest BCUT2D eigenvalue weighted by Crippen LogP contribution is 2.36. The Bertz CT molecular complexity index is 1050. The zero-order chi connectivity index (χ0) is 20.7. The molecule has 0 unspecified atom stereocenters. The van der Waals surface area contributed by atoms with Gasteiger partial charge < -0.3 is 4.74 Å². The fraction of sp³-hybridized carbons (Fsp3) is 0.278. The topological polar surface area (TPSA) is 56.5 Å². The summed E-state index contributed by atoms with van der Waals surface area (Å²) in [6.45, 7) is 1.51. The van der Waals surface area contributed by atoms with Gasteiger partial charge in [-0.15, -0.1) is 0 Å². The maximum atomic E-state index is 13.6. The van der Waals surface area contributed by atoms with Crippen molar-refractivity contribution in [2.45, 2.75) is 24.9 Å². The van der Waals surface area contributed by atoms with Gasteiger partial charge in [0, 0.05) is 6.20 Å². The highest BCUT2D eigenvalue weighted by Gasteiger charge is 2.42. The third-order valence-electron chi connectivity index (χ3n) is 4.38. The van der Waals surface area contributed by atoms with Crippen molar-refractivity contribution in [3.63, 3.8) is 0 Å². The Balaban J connectivity index is 2.23. The lowest BCUT2D eigenvalue weighted by atomic mass is 9.80. The van der Waals surface area contributed by atoms with E-state index in [2.05, 4.69) is 10.1 Å². The Morgan fingerprint density at radius 3 is 2.61 bits per heavy atom. The fourth-order valence-corrected chi connectivity index (χ4v) is 3.85. The molecule has 2 aromatic heterocycles. The lowest BCUT2D eigenvalue weighted by Gasteiger charge is -2.27. The van der Waals surface area contributed by atoms with Crippen LogP contribution in [0.2, 0.25) is 0 Å². The van der Waals surface area contributed by atoms with Crippen LogP contribution < -0.4 is 0 Å². The molecule has 0 bridgehead atoms. The van der Waals surface area contributed by atoms with Crippen molar-refractivity contribution in [3.05, 3.63) is 62.9 Å². The van der Waals surface area contributed by atoms with Crippen LogP contribution >= 0.6 is 22.6 Å². The SMILES string of the molecule is COC(=O)[C@](C)(Cc1cccc(F)c1)c1ccnc2c(I)c(C(F)(F)F)nn12. The highest BCUT2D eigenvalue weighted by atomic mass is 127. The molecule has 5 nitrogen and oxygen atoms in total. The van der Waals surface area contributed by atoms with E-state index in [1.165, 1.54) is 67.1 Å². The molecule has 0 spiro atoms. The van der Waals surface area contributed by atoms with Crippen LogP contribution in [0.25, 0.3) is 5.65 Å². The van der Waals surface area contributed by atoms with Crippen LogP contribution in [0.1, 0.15) is 23.9 Å². The number of fused-ring (bicyclic) bond motifs is 1. The van der Waals surface area contributed by atoms with Crippen molar-refractivity contribution in [3.8, 4) is 0 Å². The first-order valence-corrected chi connectivity index (χ1v) is 9.09. The normalized spacial score (nSPS) is 14.1. The predicted octanol–water partition coefficient (Wildman–Crippen LogP) is 4.17. The van der Waals surface area contributed by atoms with Crippen LogP contribution in [0.5, 0.6) is 0 Å². The van der Waals surface area contributed by atoms with Crippen LogP contribution in [0.15, 0.2) is 36.5 Å². The molecule has 28 heavy (non-hydrogen) atoms. The number of carbonyl (C=O) groups excluding carboxylic acids is 1. The van der Waals surface area contributed by atoms with E-state index in [0.29, 0.717) is 5.56 Å². The summed E-state index contributed by atoms with van der Waals surface area (Å²) in [5.74, 6) is -1.18. The molecule has 148 valence electrons. The van der Waals surface area contributed by atoms with Crippen molar-refractivity contribution in [1.29, 1.82) is 0 Å². The van der Waals surface area contributed by atoms with E-state index >= 15 is 0 Å². The average molecular weight is 507 g/mol. The molecule has 0 aliphatic rings. The van der Waals surface area contributed by atoms with Crippen molar-refractivity contribution < 1.29 is 27.1 Å². The van der Waals surface area contributed by atoms with Crippen molar-refractivity contribution in [2.75, 3.05) is 7.11 Å². The molecule has 3 aromatic rings. The minimum atomic E-state index is -4.67. The summed E-state index contributed by atoms with van der Waals surface area (Å²) >= 11 is 1.53. The second-order valence-corrected chi connectivity index (χ2v) is 7.43. The van der Waals surface area contributed by atoms with E-state index < -0.39 is 29.1 Å². The van der Waals surface area contributed by atoms with Gasteiger partial charge in [0.1, 0.15) is 11.2 Å². The number of halogens is 5. The summed E-state index contributed by atoms with van der Waals surface area (Å²) in [5, 5.41) is 3.67. The number of alkyl halides is 3. The number of hydrogen-bond acceptors (Lipinski definition) is 4. The second-order valence-electron chi connectivity index (χ2n) is 6.36. The third kappa shape index (κ3) is 3.56. The largest absolute Gasteiger partial charge is 0.468 e.